The standard InChI is InChI=1S/C23H29N5O2/c1-3-4-13-28-23(29)27(18-24-28)21-7-5-19(6-8-21)25-14-16-26(17-15-25)20-9-11-22(30-2)12-10-20/h5-12,18H,3-4,13-17H2,1-2H3. The highest BCUT2D eigenvalue weighted by atomic mass is 16.5. The van der Waals surface area contributed by atoms with Gasteiger partial charge in [-0.05, 0) is 55.0 Å². The summed E-state index contributed by atoms with van der Waals surface area (Å²) in [5.74, 6) is 0.882. The number of hydrogen-bond acceptors (Lipinski definition) is 5. The first-order valence-electron chi connectivity index (χ1n) is 10.6. The zero-order valence-corrected chi connectivity index (χ0v) is 17.7. The molecule has 1 aromatic heterocycles. The van der Waals surface area contributed by atoms with Gasteiger partial charge in [0, 0.05) is 44.1 Å². The minimum absolute atomic E-state index is 0.0793. The van der Waals surface area contributed by atoms with E-state index in [9.17, 15) is 4.79 Å². The topological polar surface area (TPSA) is 55.5 Å². The van der Waals surface area contributed by atoms with Crippen molar-refractivity contribution in [1.29, 1.82) is 0 Å². The largest absolute Gasteiger partial charge is 0.497 e. The van der Waals surface area contributed by atoms with Gasteiger partial charge in [0.05, 0.1) is 12.8 Å². The van der Waals surface area contributed by atoms with E-state index < -0.39 is 0 Å². The fourth-order valence-electron chi connectivity index (χ4n) is 3.82. The van der Waals surface area contributed by atoms with E-state index in [0.717, 1.165) is 50.5 Å². The highest BCUT2D eigenvalue weighted by Gasteiger charge is 2.18. The van der Waals surface area contributed by atoms with Crippen LogP contribution >= 0.6 is 0 Å². The van der Waals surface area contributed by atoms with Gasteiger partial charge >= 0.3 is 5.69 Å². The lowest BCUT2D eigenvalue weighted by atomic mass is 10.2. The van der Waals surface area contributed by atoms with Crippen LogP contribution in [-0.2, 0) is 6.54 Å². The number of rotatable bonds is 7. The van der Waals surface area contributed by atoms with Gasteiger partial charge in [-0.25, -0.2) is 14.0 Å². The molecule has 4 rings (SSSR count). The molecular formula is C23H29N5O2. The number of ether oxygens (including phenoxy) is 1. The van der Waals surface area contributed by atoms with Crippen LogP contribution in [0, 0.1) is 0 Å². The van der Waals surface area contributed by atoms with Crippen molar-refractivity contribution in [2.75, 3.05) is 43.1 Å². The highest BCUT2D eigenvalue weighted by molar-refractivity contribution is 5.54. The van der Waals surface area contributed by atoms with Crippen molar-refractivity contribution >= 4 is 11.4 Å². The zero-order valence-electron chi connectivity index (χ0n) is 17.7. The van der Waals surface area contributed by atoms with Gasteiger partial charge in [0.25, 0.3) is 0 Å². The maximum atomic E-state index is 12.5. The third-order valence-corrected chi connectivity index (χ3v) is 5.67. The Morgan fingerprint density at radius 2 is 1.40 bits per heavy atom. The summed E-state index contributed by atoms with van der Waals surface area (Å²) >= 11 is 0. The van der Waals surface area contributed by atoms with Crippen LogP contribution in [0.15, 0.2) is 59.7 Å². The van der Waals surface area contributed by atoms with Gasteiger partial charge in [0.2, 0.25) is 0 Å². The zero-order chi connectivity index (χ0) is 20.9. The molecule has 7 nitrogen and oxygen atoms in total. The summed E-state index contributed by atoms with van der Waals surface area (Å²) < 4.78 is 8.40. The molecule has 0 radical (unpaired) electrons. The molecule has 7 heteroatoms. The molecule has 0 atom stereocenters. The first-order chi connectivity index (χ1) is 14.7. The van der Waals surface area contributed by atoms with Gasteiger partial charge in [-0.15, -0.1) is 0 Å². The van der Waals surface area contributed by atoms with E-state index in [1.807, 2.05) is 24.3 Å². The molecule has 0 bridgehead atoms. The Morgan fingerprint density at radius 1 is 0.867 bits per heavy atom. The second-order valence-corrected chi connectivity index (χ2v) is 7.55. The third kappa shape index (κ3) is 4.20. The summed E-state index contributed by atoms with van der Waals surface area (Å²) in [4.78, 5) is 17.3. The van der Waals surface area contributed by atoms with Gasteiger partial charge < -0.3 is 14.5 Å². The molecule has 0 N–H and O–H groups in total. The summed E-state index contributed by atoms with van der Waals surface area (Å²) in [6.45, 7) is 6.63. The number of anilines is 2. The maximum absolute atomic E-state index is 12.5. The predicted molar refractivity (Wildman–Crippen MR) is 120 cm³/mol. The van der Waals surface area contributed by atoms with Gasteiger partial charge in [-0.2, -0.15) is 5.10 Å². The number of methoxy groups -OCH3 is 1. The Balaban J connectivity index is 1.39. The van der Waals surface area contributed by atoms with Gasteiger partial charge in [0.15, 0.2) is 0 Å². The lowest BCUT2D eigenvalue weighted by molar-refractivity contribution is 0.415. The van der Waals surface area contributed by atoms with E-state index in [1.54, 1.807) is 18.0 Å². The predicted octanol–water partition coefficient (Wildman–Crippen LogP) is 3.17. The average molecular weight is 408 g/mol. The van der Waals surface area contributed by atoms with Crippen molar-refractivity contribution in [3.8, 4) is 11.4 Å². The van der Waals surface area contributed by atoms with Crippen molar-refractivity contribution in [1.82, 2.24) is 14.3 Å². The molecule has 2 aromatic carbocycles. The van der Waals surface area contributed by atoms with Crippen LogP contribution in [-0.4, -0.2) is 47.6 Å². The molecule has 0 spiro atoms. The molecule has 1 fully saturated rings. The number of unbranched alkanes of at least 4 members (excludes halogenated alkanes) is 1. The maximum Gasteiger partial charge on any atom is 0.350 e. The molecule has 1 saturated heterocycles. The van der Waals surface area contributed by atoms with Crippen LogP contribution in [0.2, 0.25) is 0 Å². The minimum Gasteiger partial charge on any atom is -0.497 e. The van der Waals surface area contributed by atoms with Gasteiger partial charge in [0.1, 0.15) is 12.1 Å². The summed E-state index contributed by atoms with van der Waals surface area (Å²) in [5, 5.41) is 4.23. The van der Waals surface area contributed by atoms with Crippen LogP contribution in [0.5, 0.6) is 5.75 Å². The normalized spacial score (nSPS) is 14.2. The Hall–Kier alpha value is -3.22. The molecule has 0 aliphatic carbocycles. The van der Waals surface area contributed by atoms with Crippen molar-refractivity contribution < 1.29 is 4.74 Å². The lowest BCUT2D eigenvalue weighted by Crippen LogP contribution is -2.46. The van der Waals surface area contributed by atoms with E-state index in [-0.39, 0.29) is 5.69 Å². The summed E-state index contributed by atoms with van der Waals surface area (Å²) in [6.07, 6.45) is 3.61. The van der Waals surface area contributed by atoms with Crippen LogP contribution in [0.25, 0.3) is 5.69 Å². The van der Waals surface area contributed by atoms with Crippen molar-refractivity contribution in [2.45, 2.75) is 26.3 Å². The molecule has 3 aromatic rings. The van der Waals surface area contributed by atoms with Crippen molar-refractivity contribution in [3.05, 3.63) is 65.3 Å². The van der Waals surface area contributed by atoms with Crippen molar-refractivity contribution in [2.24, 2.45) is 0 Å². The number of nitrogens with zero attached hydrogens (tertiary/aromatic N) is 5. The fourth-order valence-corrected chi connectivity index (χ4v) is 3.82. The molecular weight excluding hydrogens is 378 g/mol. The van der Waals surface area contributed by atoms with Gasteiger partial charge in [-0.1, -0.05) is 13.3 Å². The number of aromatic nitrogens is 3. The monoisotopic (exact) mass is 407 g/mol. The van der Waals surface area contributed by atoms with Crippen LogP contribution in [0.1, 0.15) is 19.8 Å². The minimum atomic E-state index is -0.0793. The van der Waals surface area contributed by atoms with Gasteiger partial charge in [-0.3, -0.25) is 0 Å². The number of hydrogen-bond donors (Lipinski definition) is 0. The van der Waals surface area contributed by atoms with E-state index in [2.05, 4.69) is 46.1 Å². The number of aryl methyl sites for hydroxylation is 1. The van der Waals surface area contributed by atoms with E-state index in [1.165, 1.54) is 16.1 Å². The molecule has 2 heterocycles. The smallest absolute Gasteiger partial charge is 0.350 e. The number of benzene rings is 2. The Bertz CT molecular complexity index is 999. The molecule has 30 heavy (non-hydrogen) atoms. The Morgan fingerprint density at radius 3 is 1.93 bits per heavy atom. The SMILES string of the molecule is CCCCn1ncn(-c2ccc(N3CCN(c4ccc(OC)cc4)CC3)cc2)c1=O. The third-order valence-electron chi connectivity index (χ3n) is 5.67. The molecule has 0 unspecified atom stereocenters. The fraction of sp³-hybridized carbons (Fsp3) is 0.391. The van der Waals surface area contributed by atoms with E-state index in [0.29, 0.717) is 6.54 Å². The highest BCUT2D eigenvalue weighted by Crippen LogP contribution is 2.23. The summed E-state index contributed by atoms with van der Waals surface area (Å²) in [6, 6.07) is 16.4. The Labute approximate surface area is 177 Å². The first kappa shape index (κ1) is 20.1. The lowest BCUT2D eigenvalue weighted by Gasteiger charge is -2.37. The summed E-state index contributed by atoms with van der Waals surface area (Å²) in [5.41, 5.74) is 3.18. The molecule has 0 saturated carbocycles. The summed E-state index contributed by atoms with van der Waals surface area (Å²) in [7, 11) is 1.69. The molecule has 0 amide bonds. The Kier molecular flexibility index (Phi) is 6.07. The number of piperazine rings is 1. The van der Waals surface area contributed by atoms with Crippen LogP contribution < -0.4 is 20.2 Å². The first-order valence-corrected chi connectivity index (χ1v) is 10.6. The van der Waals surface area contributed by atoms with Crippen LogP contribution in [0.4, 0.5) is 11.4 Å². The van der Waals surface area contributed by atoms with Crippen LogP contribution in [0.3, 0.4) is 0 Å². The average Bonchev–Trinajstić information content (AvgIpc) is 3.18. The van der Waals surface area contributed by atoms with E-state index >= 15 is 0 Å². The second-order valence-electron chi connectivity index (χ2n) is 7.55. The molecule has 158 valence electrons. The quantitative estimate of drug-likeness (QED) is 0.602. The van der Waals surface area contributed by atoms with E-state index in [4.69, 9.17) is 4.74 Å². The molecule has 1 aliphatic heterocycles. The second kappa shape index (κ2) is 9.07. The van der Waals surface area contributed by atoms with Crippen molar-refractivity contribution in [3.63, 3.8) is 0 Å². The molecule has 1 aliphatic rings.